The van der Waals surface area contributed by atoms with Gasteiger partial charge in [-0.15, -0.1) is 22.7 Å². The molecule has 0 spiro atoms. The average Bonchev–Trinajstić information content (AvgIpc) is 3.17. The van der Waals surface area contributed by atoms with Crippen molar-refractivity contribution in [1.82, 2.24) is 5.32 Å². The zero-order chi connectivity index (χ0) is 13.9. The Kier molecular flexibility index (Phi) is 4.27. The fraction of sp³-hybridized carbons (Fsp3) is 0.200. The minimum atomic E-state index is 0.137. The van der Waals surface area contributed by atoms with Crippen LogP contribution in [0.15, 0.2) is 52.5 Å². The Morgan fingerprint density at radius 2 is 2.05 bits per heavy atom. The van der Waals surface area contributed by atoms with Crippen molar-refractivity contribution in [2.45, 2.75) is 19.0 Å². The van der Waals surface area contributed by atoms with E-state index in [4.69, 9.17) is 16.0 Å². The Hall–Kier alpha value is -1.07. The predicted molar refractivity (Wildman–Crippen MR) is 85.7 cm³/mol. The molecule has 2 nitrogen and oxygen atoms in total. The molecule has 1 N–H and O–H groups in total. The van der Waals surface area contributed by atoms with Crippen LogP contribution in [-0.2, 0) is 0 Å². The quantitative estimate of drug-likeness (QED) is 0.671. The van der Waals surface area contributed by atoms with Crippen molar-refractivity contribution in [2.75, 3.05) is 0 Å². The lowest BCUT2D eigenvalue weighted by atomic mass is 10.1. The molecular weight excluding hydrogens is 310 g/mol. The van der Waals surface area contributed by atoms with E-state index in [-0.39, 0.29) is 12.1 Å². The van der Waals surface area contributed by atoms with E-state index in [0.29, 0.717) is 0 Å². The topological polar surface area (TPSA) is 25.2 Å². The van der Waals surface area contributed by atoms with E-state index in [9.17, 15) is 0 Å². The molecular formula is C15H14ClNOS2. The van der Waals surface area contributed by atoms with Gasteiger partial charge >= 0.3 is 0 Å². The second kappa shape index (κ2) is 6.14. The highest BCUT2D eigenvalue weighted by atomic mass is 35.5. The molecule has 0 amide bonds. The van der Waals surface area contributed by atoms with Gasteiger partial charge in [0, 0.05) is 9.75 Å². The minimum absolute atomic E-state index is 0.137. The van der Waals surface area contributed by atoms with E-state index in [1.165, 1.54) is 9.75 Å². The summed E-state index contributed by atoms with van der Waals surface area (Å²) < 4.78 is 6.29. The minimum Gasteiger partial charge on any atom is -0.468 e. The Morgan fingerprint density at radius 1 is 1.15 bits per heavy atom. The molecule has 1 unspecified atom stereocenters. The Balaban J connectivity index is 1.87. The third-order valence-electron chi connectivity index (χ3n) is 3.09. The first-order valence-electron chi connectivity index (χ1n) is 6.32. The Labute approximate surface area is 131 Å². The molecule has 104 valence electrons. The van der Waals surface area contributed by atoms with Gasteiger partial charge in [0.15, 0.2) is 0 Å². The molecule has 0 saturated heterocycles. The highest BCUT2D eigenvalue weighted by Crippen LogP contribution is 2.34. The van der Waals surface area contributed by atoms with Crippen LogP contribution >= 0.6 is 34.3 Å². The van der Waals surface area contributed by atoms with E-state index in [1.54, 1.807) is 28.9 Å². The van der Waals surface area contributed by atoms with Crippen LogP contribution in [0.5, 0.6) is 0 Å². The first kappa shape index (κ1) is 13.9. The maximum atomic E-state index is 6.08. The van der Waals surface area contributed by atoms with Crippen LogP contribution in [0.4, 0.5) is 0 Å². The van der Waals surface area contributed by atoms with Gasteiger partial charge in [-0.2, -0.15) is 0 Å². The van der Waals surface area contributed by atoms with Crippen LogP contribution in [0.3, 0.4) is 0 Å². The summed E-state index contributed by atoms with van der Waals surface area (Å²) in [7, 11) is 0. The molecule has 5 heteroatoms. The van der Waals surface area contributed by atoms with Gasteiger partial charge in [-0.25, -0.2) is 0 Å². The maximum Gasteiger partial charge on any atom is 0.120 e. The van der Waals surface area contributed by atoms with E-state index < -0.39 is 0 Å². The van der Waals surface area contributed by atoms with Gasteiger partial charge in [-0.3, -0.25) is 5.32 Å². The van der Waals surface area contributed by atoms with Crippen molar-refractivity contribution >= 4 is 34.3 Å². The van der Waals surface area contributed by atoms with E-state index >= 15 is 0 Å². The lowest BCUT2D eigenvalue weighted by Gasteiger charge is -2.20. The molecule has 0 fully saturated rings. The molecule has 0 aliphatic carbocycles. The Morgan fingerprint density at radius 3 is 2.65 bits per heavy atom. The van der Waals surface area contributed by atoms with Crippen molar-refractivity contribution in [2.24, 2.45) is 0 Å². The number of nitrogens with one attached hydrogen (secondary N) is 1. The number of halogens is 1. The van der Waals surface area contributed by atoms with Gasteiger partial charge < -0.3 is 4.42 Å². The third kappa shape index (κ3) is 2.99. The number of furan rings is 1. The largest absolute Gasteiger partial charge is 0.468 e. The van der Waals surface area contributed by atoms with Crippen molar-refractivity contribution in [3.8, 4) is 0 Å². The van der Waals surface area contributed by atoms with Crippen LogP contribution in [0.2, 0.25) is 4.34 Å². The molecule has 0 bridgehead atoms. The van der Waals surface area contributed by atoms with Crippen molar-refractivity contribution in [3.63, 3.8) is 0 Å². The second-order valence-electron chi connectivity index (χ2n) is 4.49. The fourth-order valence-electron chi connectivity index (χ4n) is 2.11. The first-order chi connectivity index (χ1) is 9.74. The lowest BCUT2D eigenvalue weighted by Crippen LogP contribution is -2.24. The van der Waals surface area contributed by atoms with Crippen LogP contribution in [0.25, 0.3) is 0 Å². The summed E-state index contributed by atoms with van der Waals surface area (Å²) in [5, 5.41) is 5.71. The molecule has 0 aromatic carbocycles. The SMILES string of the molecule is C[C@@H](NC(c1cccs1)c1ccc(Cl)s1)c1ccco1. The monoisotopic (exact) mass is 323 g/mol. The Bertz CT molecular complexity index is 645. The molecule has 0 radical (unpaired) electrons. The van der Waals surface area contributed by atoms with E-state index in [2.05, 4.69) is 35.8 Å². The van der Waals surface area contributed by atoms with Crippen LogP contribution in [-0.4, -0.2) is 0 Å². The molecule has 0 aliphatic heterocycles. The molecule has 0 aliphatic rings. The van der Waals surface area contributed by atoms with E-state index in [1.807, 2.05) is 18.2 Å². The predicted octanol–water partition coefficient (Wildman–Crippen LogP) is 5.50. The normalized spacial score (nSPS) is 14.3. The summed E-state index contributed by atoms with van der Waals surface area (Å²) in [6.07, 6.45) is 1.70. The first-order valence-corrected chi connectivity index (χ1v) is 8.39. The molecule has 2 atom stereocenters. The van der Waals surface area contributed by atoms with Crippen molar-refractivity contribution < 1.29 is 4.42 Å². The van der Waals surface area contributed by atoms with Crippen LogP contribution < -0.4 is 5.32 Å². The number of thiophene rings is 2. The van der Waals surface area contributed by atoms with Gasteiger partial charge in [0.2, 0.25) is 0 Å². The van der Waals surface area contributed by atoms with Gasteiger partial charge in [0.25, 0.3) is 0 Å². The maximum absolute atomic E-state index is 6.08. The van der Waals surface area contributed by atoms with Gasteiger partial charge in [-0.1, -0.05) is 17.7 Å². The second-order valence-corrected chi connectivity index (χ2v) is 7.22. The van der Waals surface area contributed by atoms with Gasteiger partial charge in [0.1, 0.15) is 5.76 Å². The van der Waals surface area contributed by atoms with Crippen LogP contribution in [0.1, 0.15) is 34.5 Å². The third-order valence-corrected chi connectivity index (χ3v) is 5.33. The molecule has 3 aromatic rings. The molecule has 0 saturated carbocycles. The molecule has 3 rings (SSSR count). The fourth-order valence-corrected chi connectivity index (χ4v) is 4.13. The van der Waals surface area contributed by atoms with Crippen LogP contribution in [0, 0.1) is 0 Å². The lowest BCUT2D eigenvalue weighted by molar-refractivity contribution is 0.415. The summed E-state index contributed by atoms with van der Waals surface area (Å²) in [6, 6.07) is 12.4. The van der Waals surface area contributed by atoms with Crippen molar-refractivity contribution in [1.29, 1.82) is 0 Å². The highest BCUT2D eigenvalue weighted by molar-refractivity contribution is 7.16. The smallest absolute Gasteiger partial charge is 0.120 e. The summed E-state index contributed by atoms with van der Waals surface area (Å²) in [5.74, 6) is 0.939. The average molecular weight is 324 g/mol. The van der Waals surface area contributed by atoms with Gasteiger partial charge in [0.05, 0.1) is 22.7 Å². The van der Waals surface area contributed by atoms with Gasteiger partial charge in [-0.05, 0) is 42.6 Å². The van der Waals surface area contributed by atoms with E-state index in [0.717, 1.165) is 10.1 Å². The highest BCUT2D eigenvalue weighted by Gasteiger charge is 2.21. The summed E-state index contributed by atoms with van der Waals surface area (Å²) in [6.45, 7) is 2.11. The summed E-state index contributed by atoms with van der Waals surface area (Å²) in [5.41, 5.74) is 0. The number of hydrogen-bond acceptors (Lipinski definition) is 4. The zero-order valence-corrected chi connectivity index (χ0v) is 13.3. The standard InChI is InChI=1S/C15H14ClNOS2/c1-10(11-4-2-8-18-11)17-15(12-5-3-9-19-12)13-6-7-14(16)20-13/h2-10,15,17H,1H3/t10-,15?/m1/s1. The zero-order valence-electron chi connectivity index (χ0n) is 10.9. The molecule has 3 heterocycles. The molecule has 20 heavy (non-hydrogen) atoms. The number of rotatable bonds is 5. The van der Waals surface area contributed by atoms with Crippen molar-refractivity contribution in [3.05, 3.63) is 67.9 Å². The summed E-state index contributed by atoms with van der Waals surface area (Å²) in [4.78, 5) is 2.50. The number of hydrogen-bond donors (Lipinski definition) is 1. The molecule has 3 aromatic heterocycles. The summed E-state index contributed by atoms with van der Waals surface area (Å²) >= 11 is 9.43.